The van der Waals surface area contributed by atoms with Gasteiger partial charge in [-0.15, -0.1) is 11.3 Å². The van der Waals surface area contributed by atoms with Gasteiger partial charge in [0.25, 0.3) is 0 Å². The van der Waals surface area contributed by atoms with Crippen molar-refractivity contribution >= 4 is 11.3 Å². The minimum Gasteiger partial charge on any atom is -0.312 e. The third-order valence-corrected chi connectivity index (χ3v) is 2.83. The fraction of sp³-hybridized carbons (Fsp3) is 0.500. The molecular formula is C10H14N2S. The van der Waals surface area contributed by atoms with Crippen LogP contribution in [0.5, 0.6) is 0 Å². The molecule has 1 atom stereocenters. The van der Waals surface area contributed by atoms with Crippen LogP contribution in [0.15, 0.2) is 11.4 Å². The zero-order valence-electron chi connectivity index (χ0n) is 7.95. The molecule has 70 valence electrons. The average Bonchev–Trinajstić information content (AvgIpc) is 2.50. The van der Waals surface area contributed by atoms with Crippen LogP contribution in [0.3, 0.4) is 0 Å². The quantitative estimate of drug-likeness (QED) is 0.803. The molecule has 0 amide bonds. The molecule has 1 aromatic rings. The van der Waals surface area contributed by atoms with Crippen molar-refractivity contribution in [2.45, 2.75) is 26.3 Å². The first-order chi connectivity index (χ1) is 6.13. The largest absolute Gasteiger partial charge is 0.312 e. The van der Waals surface area contributed by atoms with E-state index in [1.54, 1.807) is 11.3 Å². The molecular weight excluding hydrogens is 180 g/mol. The summed E-state index contributed by atoms with van der Waals surface area (Å²) in [5, 5.41) is 10.7. The maximum Gasteiger partial charge on any atom is 0.128 e. The summed E-state index contributed by atoms with van der Waals surface area (Å²) < 4.78 is 0. The summed E-state index contributed by atoms with van der Waals surface area (Å²) in [4.78, 5) is 0.971. The van der Waals surface area contributed by atoms with Crippen LogP contribution in [-0.2, 0) is 6.42 Å². The lowest BCUT2D eigenvalue weighted by atomic mass is 10.1. The minimum atomic E-state index is -0.453. The number of nitrogens with zero attached hydrogens (tertiary/aromatic N) is 1. The van der Waals surface area contributed by atoms with Crippen LogP contribution in [-0.4, -0.2) is 0 Å². The molecule has 0 saturated heterocycles. The van der Waals surface area contributed by atoms with Crippen LogP contribution in [0.1, 0.15) is 30.3 Å². The Morgan fingerprint density at radius 1 is 1.62 bits per heavy atom. The van der Waals surface area contributed by atoms with Gasteiger partial charge in [-0.2, -0.15) is 5.26 Å². The molecule has 3 heteroatoms. The standard InChI is InChI=1S/C10H14N2S/c1-7(2)3-8-4-10(13-6-8)9(12)5-11/h4,6-7,9H,3,12H2,1-2H3. The van der Waals surface area contributed by atoms with E-state index in [0.29, 0.717) is 5.92 Å². The van der Waals surface area contributed by atoms with Crippen LogP contribution < -0.4 is 5.73 Å². The smallest absolute Gasteiger partial charge is 0.128 e. The topological polar surface area (TPSA) is 49.8 Å². The Morgan fingerprint density at radius 3 is 2.85 bits per heavy atom. The Labute approximate surface area is 83.0 Å². The van der Waals surface area contributed by atoms with Crippen LogP contribution in [0, 0.1) is 17.2 Å². The lowest BCUT2D eigenvalue weighted by Gasteiger charge is -2.00. The van der Waals surface area contributed by atoms with E-state index in [1.165, 1.54) is 5.56 Å². The van der Waals surface area contributed by atoms with E-state index in [0.717, 1.165) is 11.3 Å². The molecule has 1 aromatic heterocycles. The van der Waals surface area contributed by atoms with Gasteiger partial charge < -0.3 is 5.73 Å². The Morgan fingerprint density at radius 2 is 2.31 bits per heavy atom. The second-order valence-corrected chi connectivity index (χ2v) is 4.50. The molecule has 0 bridgehead atoms. The molecule has 0 aliphatic heterocycles. The van der Waals surface area contributed by atoms with E-state index in [4.69, 9.17) is 11.0 Å². The summed E-state index contributed by atoms with van der Waals surface area (Å²) >= 11 is 1.58. The minimum absolute atomic E-state index is 0.453. The second-order valence-electron chi connectivity index (χ2n) is 3.56. The van der Waals surface area contributed by atoms with Gasteiger partial charge >= 0.3 is 0 Å². The van der Waals surface area contributed by atoms with Crippen molar-refractivity contribution in [3.63, 3.8) is 0 Å². The number of nitrogens with two attached hydrogens (primary N) is 1. The molecule has 13 heavy (non-hydrogen) atoms. The van der Waals surface area contributed by atoms with Crippen LogP contribution >= 0.6 is 11.3 Å². The van der Waals surface area contributed by atoms with Gasteiger partial charge in [0.05, 0.1) is 6.07 Å². The highest BCUT2D eigenvalue weighted by atomic mass is 32.1. The molecule has 0 fully saturated rings. The summed E-state index contributed by atoms with van der Waals surface area (Å²) in [5.74, 6) is 0.653. The van der Waals surface area contributed by atoms with Gasteiger partial charge in [0, 0.05) is 4.88 Å². The van der Waals surface area contributed by atoms with Crippen molar-refractivity contribution in [3.05, 3.63) is 21.9 Å². The van der Waals surface area contributed by atoms with Crippen molar-refractivity contribution in [1.82, 2.24) is 0 Å². The summed E-state index contributed by atoms with van der Waals surface area (Å²) in [6.45, 7) is 4.36. The normalized spacial score (nSPS) is 12.8. The lowest BCUT2D eigenvalue weighted by molar-refractivity contribution is 0.648. The fourth-order valence-corrected chi connectivity index (χ4v) is 2.07. The molecule has 0 spiro atoms. The molecule has 0 aliphatic carbocycles. The van der Waals surface area contributed by atoms with Gasteiger partial charge in [-0.1, -0.05) is 13.8 Å². The summed E-state index contributed by atoms with van der Waals surface area (Å²) in [7, 11) is 0. The van der Waals surface area contributed by atoms with E-state index in [1.807, 2.05) is 12.1 Å². The first-order valence-corrected chi connectivity index (χ1v) is 5.24. The average molecular weight is 194 g/mol. The fourth-order valence-electron chi connectivity index (χ4n) is 1.20. The van der Waals surface area contributed by atoms with Gasteiger partial charge in [-0.3, -0.25) is 0 Å². The van der Waals surface area contributed by atoms with Crippen LogP contribution in [0.25, 0.3) is 0 Å². The van der Waals surface area contributed by atoms with E-state index < -0.39 is 6.04 Å². The Kier molecular flexibility index (Phi) is 3.47. The SMILES string of the molecule is CC(C)Cc1csc(C(N)C#N)c1. The third kappa shape index (κ3) is 2.83. The number of rotatable bonds is 3. The molecule has 2 nitrogen and oxygen atoms in total. The molecule has 2 N–H and O–H groups in total. The number of hydrogen-bond donors (Lipinski definition) is 1. The Bertz CT molecular complexity index is 309. The zero-order chi connectivity index (χ0) is 9.84. The number of nitriles is 1. The monoisotopic (exact) mass is 194 g/mol. The molecule has 0 saturated carbocycles. The van der Waals surface area contributed by atoms with Gasteiger partial charge in [-0.05, 0) is 29.3 Å². The molecule has 1 heterocycles. The maximum atomic E-state index is 8.61. The molecule has 1 rings (SSSR count). The molecule has 0 radical (unpaired) electrons. The lowest BCUT2D eigenvalue weighted by Crippen LogP contribution is -2.04. The van der Waals surface area contributed by atoms with Crippen molar-refractivity contribution in [1.29, 1.82) is 5.26 Å². The highest BCUT2D eigenvalue weighted by Crippen LogP contribution is 2.21. The third-order valence-electron chi connectivity index (χ3n) is 1.76. The number of thiophene rings is 1. The van der Waals surface area contributed by atoms with Crippen LogP contribution in [0.4, 0.5) is 0 Å². The van der Waals surface area contributed by atoms with Crippen molar-refractivity contribution < 1.29 is 0 Å². The Hall–Kier alpha value is -0.850. The molecule has 0 aromatic carbocycles. The summed E-state index contributed by atoms with van der Waals surface area (Å²) in [6, 6.07) is 3.62. The van der Waals surface area contributed by atoms with Crippen molar-refractivity contribution in [3.8, 4) is 6.07 Å². The van der Waals surface area contributed by atoms with E-state index >= 15 is 0 Å². The summed E-state index contributed by atoms with van der Waals surface area (Å²) in [6.07, 6.45) is 1.06. The number of hydrogen-bond acceptors (Lipinski definition) is 3. The van der Waals surface area contributed by atoms with Crippen LogP contribution in [0.2, 0.25) is 0 Å². The van der Waals surface area contributed by atoms with Gasteiger partial charge in [0.1, 0.15) is 6.04 Å². The maximum absolute atomic E-state index is 8.61. The molecule has 0 aliphatic rings. The van der Waals surface area contributed by atoms with E-state index in [-0.39, 0.29) is 0 Å². The van der Waals surface area contributed by atoms with E-state index in [2.05, 4.69) is 19.2 Å². The highest BCUT2D eigenvalue weighted by Gasteiger charge is 2.08. The van der Waals surface area contributed by atoms with Gasteiger partial charge in [-0.25, -0.2) is 0 Å². The van der Waals surface area contributed by atoms with Gasteiger partial charge in [0.15, 0.2) is 0 Å². The summed E-state index contributed by atoms with van der Waals surface area (Å²) in [5.41, 5.74) is 6.88. The predicted molar refractivity (Wildman–Crippen MR) is 55.4 cm³/mol. The first kappa shape index (κ1) is 10.2. The molecule has 1 unspecified atom stereocenters. The van der Waals surface area contributed by atoms with Crippen molar-refractivity contribution in [2.75, 3.05) is 0 Å². The van der Waals surface area contributed by atoms with E-state index in [9.17, 15) is 0 Å². The Balaban J connectivity index is 2.70. The van der Waals surface area contributed by atoms with Gasteiger partial charge in [0.2, 0.25) is 0 Å². The predicted octanol–water partition coefficient (Wildman–Crippen LogP) is 2.47. The second kappa shape index (κ2) is 4.40. The zero-order valence-corrected chi connectivity index (χ0v) is 8.77. The van der Waals surface area contributed by atoms with Crippen molar-refractivity contribution in [2.24, 2.45) is 11.7 Å². The highest BCUT2D eigenvalue weighted by molar-refractivity contribution is 7.10. The first-order valence-electron chi connectivity index (χ1n) is 4.36.